The predicted molar refractivity (Wildman–Crippen MR) is 97.8 cm³/mol. The summed E-state index contributed by atoms with van der Waals surface area (Å²) in [5.41, 5.74) is 1.64. The van der Waals surface area contributed by atoms with Crippen molar-refractivity contribution >= 4 is 34.1 Å². The van der Waals surface area contributed by atoms with Crippen LogP contribution in [0.15, 0.2) is 0 Å². The lowest BCUT2D eigenvalue weighted by atomic mass is 9.95. The normalized spacial score (nSPS) is 16.9. The molecule has 0 unspecified atom stereocenters. The number of anilines is 1. The minimum Gasteiger partial charge on any atom is -0.480 e. The zero-order valence-electron chi connectivity index (χ0n) is 14.6. The number of nitrogens with one attached hydrogen (secondary N) is 2. The molecule has 1 heterocycles. The summed E-state index contributed by atoms with van der Waals surface area (Å²) in [6, 6.07) is 0.212. The molecule has 0 bridgehead atoms. The highest BCUT2D eigenvalue weighted by atomic mass is 32.1. The first-order chi connectivity index (χ1) is 12.5. The predicted octanol–water partition coefficient (Wildman–Crippen LogP) is 2.34. The molecule has 0 spiro atoms. The monoisotopic (exact) mass is 380 g/mol. The van der Waals surface area contributed by atoms with Crippen molar-refractivity contribution in [3.05, 3.63) is 16.0 Å². The van der Waals surface area contributed by atoms with E-state index in [-0.39, 0.29) is 18.6 Å². The summed E-state index contributed by atoms with van der Waals surface area (Å²) in [7, 11) is 0. The number of hydrogen-bond acceptors (Lipinski definition) is 5. The molecular formula is C18H24N2O5S. The fourth-order valence-electron chi connectivity index (χ4n) is 3.62. The highest BCUT2D eigenvalue weighted by Crippen LogP contribution is 2.38. The number of carbonyl (C=O) groups is 3. The van der Waals surface area contributed by atoms with Gasteiger partial charge in [0.2, 0.25) is 0 Å². The Kier molecular flexibility index (Phi) is 6.26. The van der Waals surface area contributed by atoms with Crippen molar-refractivity contribution in [2.75, 3.05) is 18.5 Å². The van der Waals surface area contributed by atoms with Crippen LogP contribution in [0.4, 0.5) is 5.00 Å². The maximum absolute atomic E-state index is 12.9. The van der Waals surface area contributed by atoms with E-state index in [0.717, 1.165) is 61.8 Å². The van der Waals surface area contributed by atoms with Crippen LogP contribution in [0, 0.1) is 0 Å². The number of fused-ring (bicyclic) bond motifs is 1. The third kappa shape index (κ3) is 4.62. The molecule has 2 amide bonds. The Morgan fingerprint density at radius 3 is 2.54 bits per heavy atom. The first-order valence-corrected chi connectivity index (χ1v) is 9.91. The second kappa shape index (κ2) is 8.64. The van der Waals surface area contributed by atoms with Crippen LogP contribution in [-0.2, 0) is 27.2 Å². The van der Waals surface area contributed by atoms with Gasteiger partial charge in [0.15, 0.2) is 0 Å². The van der Waals surface area contributed by atoms with E-state index in [1.807, 2.05) is 0 Å². The van der Waals surface area contributed by atoms with Crippen molar-refractivity contribution in [2.24, 2.45) is 0 Å². The van der Waals surface area contributed by atoms with Crippen LogP contribution in [0.1, 0.15) is 59.3 Å². The molecule has 3 N–H and O–H groups in total. The van der Waals surface area contributed by atoms with Gasteiger partial charge in [-0.25, -0.2) is 4.79 Å². The summed E-state index contributed by atoms with van der Waals surface area (Å²) < 4.78 is 4.83. The van der Waals surface area contributed by atoms with Gasteiger partial charge in [0.25, 0.3) is 11.8 Å². The lowest BCUT2D eigenvalue weighted by Gasteiger charge is -2.16. The van der Waals surface area contributed by atoms with E-state index >= 15 is 0 Å². The smallest absolute Gasteiger partial charge is 0.329 e. The fourth-order valence-corrected chi connectivity index (χ4v) is 4.92. The van der Waals surface area contributed by atoms with Crippen molar-refractivity contribution in [3.8, 4) is 0 Å². The van der Waals surface area contributed by atoms with Crippen LogP contribution in [0.3, 0.4) is 0 Å². The Morgan fingerprint density at radius 1 is 1.08 bits per heavy atom. The van der Waals surface area contributed by atoms with Gasteiger partial charge in [-0.3, -0.25) is 9.59 Å². The van der Waals surface area contributed by atoms with Crippen molar-refractivity contribution in [3.63, 3.8) is 0 Å². The number of aliphatic carboxylic acids is 1. The minimum absolute atomic E-state index is 0.113. The van der Waals surface area contributed by atoms with Crippen molar-refractivity contribution in [1.82, 2.24) is 5.32 Å². The lowest BCUT2D eigenvalue weighted by molar-refractivity contribution is -0.143. The Hall–Kier alpha value is -1.93. The second-order valence-electron chi connectivity index (χ2n) is 6.80. The van der Waals surface area contributed by atoms with Gasteiger partial charge in [-0.2, -0.15) is 0 Å². The zero-order chi connectivity index (χ0) is 18.5. The second-order valence-corrected chi connectivity index (χ2v) is 7.91. The first-order valence-electron chi connectivity index (χ1n) is 9.09. The molecular weight excluding hydrogens is 356 g/mol. The number of rotatable bonds is 7. The molecule has 0 aliphatic heterocycles. The van der Waals surface area contributed by atoms with E-state index < -0.39 is 18.5 Å². The maximum atomic E-state index is 12.9. The van der Waals surface area contributed by atoms with Crippen LogP contribution in [-0.4, -0.2) is 42.1 Å². The molecule has 1 fully saturated rings. The number of thiophene rings is 1. The molecule has 0 saturated heterocycles. The fraction of sp³-hybridized carbons (Fsp3) is 0.611. The molecule has 142 valence electrons. The Bertz CT molecular complexity index is 694. The Morgan fingerprint density at radius 2 is 1.81 bits per heavy atom. The largest absolute Gasteiger partial charge is 0.480 e. The molecule has 1 saturated carbocycles. The summed E-state index contributed by atoms with van der Waals surface area (Å²) in [5, 5.41) is 15.0. The molecule has 0 radical (unpaired) electrons. The molecule has 2 aliphatic rings. The number of ether oxygens (including phenoxy) is 1. The average molecular weight is 380 g/mol. The summed E-state index contributed by atoms with van der Waals surface area (Å²) in [5.74, 6) is -1.68. The summed E-state index contributed by atoms with van der Waals surface area (Å²) in [6.45, 7) is -0.873. The molecule has 26 heavy (non-hydrogen) atoms. The van der Waals surface area contributed by atoms with E-state index in [0.29, 0.717) is 10.6 Å². The van der Waals surface area contributed by atoms with E-state index in [1.165, 1.54) is 11.3 Å². The van der Waals surface area contributed by atoms with E-state index in [9.17, 15) is 14.4 Å². The van der Waals surface area contributed by atoms with Gasteiger partial charge < -0.3 is 20.5 Å². The molecule has 3 rings (SSSR count). The van der Waals surface area contributed by atoms with E-state index in [4.69, 9.17) is 9.84 Å². The van der Waals surface area contributed by atoms with Gasteiger partial charge >= 0.3 is 5.97 Å². The minimum atomic E-state index is -1.12. The third-order valence-corrected chi connectivity index (χ3v) is 6.01. The van der Waals surface area contributed by atoms with E-state index in [2.05, 4.69) is 10.6 Å². The average Bonchev–Trinajstić information content (AvgIpc) is 3.21. The molecule has 0 aromatic carbocycles. The molecule has 2 aliphatic carbocycles. The summed E-state index contributed by atoms with van der Waals surface area (Å²) in [6.07, 6.45) is 8.19. The third-order valence-electron chi connectivity index (χ3n) is 4.80. The van der Waals surface area contributed by atoms with Crippen LogP contribution < -0.4 is 10.6 Å². The molecule has 7 nitrogen and oxygen atoms in total. The summed E-state index contributed by atoms with van der Waals surface area (Å²) in [4.78, 5) is 36.6. The highest BCUT2D eigenvalue weighted by Gasteiger charge is 2.28. The van der Waals surface area contributed by atoms with Gasteiger partial charge in [-0.05, 0) is 44.1 Å². The molecule has 8 heteroatoms. The van der Waals surface area contributed by atoms with Gasteiger partial charge in [-0.15, -0.1) is 11.3 Å². The van der Waals surface area contributed by atoms with Crippen LogP contribution in [0.2, 0.25) is 0 Å². The lowest BCUT2D eigenvalue weighted by Crippen LogP contribution is -2.33. The van der Waals surface area contributed by atoms with E-state index in [1.54, 1.807) is 0 Å². The zero-order valence-corrected chi connectivity index (χ0v) is 15.5. The molecule has 0 atom stereocenters. The van der Waals surface area contributed by atoms with Gasteiger partial charge in [0.1, 0.15) is 18.2 Å². The topological polar surface area (TPSA) is 105 Å². The quantitative estimate of drug-likeness (QED) is 0.673. The number of carboxylic acid groups (broad SMARTS) is 1. The standard InChI is InChI=1S/C18H24N2O5S/c21-14(9-25-10-15(22)23)20-18-16(12-7-3-4-8-13(12)26-18)17(24)19-11-5-1-2-6-11/h11H,1-10H2,(H,19,24)(H,20,21)(H,22,23). The number of aryl methyl sites for hydroxylation is 1. The van der Waals surface area contributed by atoms with Crippen LogP contribution >= 0.6 is 11.3 Å². The number of hydrogen-bond donors (Lipinski definition) is 3. The molecule has 1 aromatic heterocycles. The summed E-state index contributed by atoms with van der Waals surface area (Å²) >= 11 is 1.45. The van der Waals surface area contributed by atoms with Gasteiger partial charge in [-0.1, -0.05) is 12.8 Å². The van der Waals surface area contributed by atoms with Gasteiger partial charge in [0, 0.05) is 10.9 Å². The Balaban J connectivity index is 1.73. The molecule has 1 aromatic rings. The van der Waals surface area contributed by atoms with Crippen molar-refractivity contribution in [2.45, 2.75) is 57.4 Å². The highest BCUT2D eigenvalue weighted by molar-refractivity contribution is 7.17. The number of carbonyl (C=O) groups excluding carboxylic acids is 2. The maximum Gasteiger partial charge on any atom is 0.329 e. The number of amides is 2. The first kappa shape index (κ1) is 18.8. The van der Waals surface area contributed by atoms with Crippen molar-refractivity contribution in [1.29, 1.82) is 0 Å². The SMILES string of the molecule is O=C(O)COCC(=O)Nc1sc2c(c1C(=O)NC1CCCC1)CCCC2. The Labute approximate surface area is 156 Å². The van der Waals surface area contributed by atoms with Crippen LogP contribution in [0.25, 0.3) is 0 Å². The van der Waals surface area contributed by atoms with Crippen molar-refractivity contribution < 1.29 is 24.2 Å². The van der Waals surface area contributed by atoms with Gasteiger partial charge in [0.05, 0.1) is 5.56 Å². The number of carboxylic acids is 1. The van der Waals surface area contributed by atoms with Crippen LogP contribution in [0.5, 0.6) is 0 Å².